The van der Waals surface area contributed by atoms with Gasteiger partial charge in [-0.15, -0.1) is 0 Å². The SMILES string of the molecule is COc1ccc(CNCc2cccc(CCNCC(O)(I)c3ccc(O)c4[nH]c(=O)sc34)c2)cc1. The van der Waals surface area contributed by atoms with Crippen molar-refractivity contribution in [3.05, 3.63) is 92.6 Å². The van der Waals surface area contributed by atoms with E-state index in [9.17, 15) is 15.0 Å². The number of aromatic nitrogens is 1. The van der Waals surface area contributed by atoms with Crippen LogP contribution in [-0.2, 0) is 23.1 Å². The fourth-order valence-electron chi connectivity index (χ4n) is 3.89. The van der Waals surface area contributed by atoms with Gasteiger partial charge in [-0.1, -0.05) is 53.8 Å². The Hall–Kier alpha value is -2.44. The Morgan fingerprint density at radius 3 is 2.54 bits per heavy atom. The number of rotatable bonds is 11. The number of nitrogens with one attached hydrogen (secondary N) is 3. The maximum absolute atomic E-state index is 11.8. The van der Waals surface area contributed by atoms with Crippen LogP contribution in [0.15, 0.2) is 65.5 Å². The van der Waals surface area contributed by atoms with Crippen LogP contribution in [0.5, 0.6) is 11.5 Å². The molecule has 1 unspecified atom stereocenters. The number of phenolic OH excluding ortho intramolecular Hbond substituents is 1. The molecule has 0 aliphatic heterocycles. The topological polar surface area (TPSA) is 107 Å². The van der Waals surface area contributed by atoms with E-state index in [1.54, 1.807) is 13.2 Å². The second-order valence-corrected chi connectivity index (χ2v) is 11.1. The van der Waals surface area contributed by atoms with Gasteiger partial charge < -0.3 is 30.6 Å². The number of hydrogen-bond donors (Lipinski definition) is 5. The van der Waals surface area contributed by atoms with Crippen molar-refractivity contribution in [2.75, 3.05) is 20.2 Å². The summed E-state index contributed by atoms with van der Waals surface area (Å²) in [7, 11) is 1.67. The highest BCUT2D eigenvalue weighted by Gasteiger charge is 2.29. The molecule has 0 saturated heterocycles. The summed E-state index contributed by atoms with van der Waals surface area (Å²) < 4.78 is 4.55. The lowest BCUT2D eigenvalue weighted by atomic mass is 10.1. The van der Waals surface area contributed by atoms with Gasteiger partial charge in [0.05, 0.1) is 11.8 Å². The Bertz CT molecular complexity index is 1330. The molecule has 0 saturated carbocycles. The molecule has 5 N–H and O–H groups in total. The van der Waals surface area contributed by atoms with Crippen LogP contribution in [-0.4, -0.2) is 35.4 Å². The van der Waals surface area contributed by atoms with Gasteiger partial charge in [-0.25, -0.2) is 0 Å². The quantitative estimate of drug-likeness (QED) is 0.101. The van der Waals surface area contributed by atoms with Crippen molar-refractivity contribution in [1.29, 1.82) is 0 Å². The number of hydrogen-bond acceptors (Lipinski definition) is 7. The van der Waals surface area contributed by atoms with Crippen molar-refractivity contribution in [2.45, 2.75) is 23.1 Å². The zero-order valence-corrected chi connectivity index (χ0v) is 22.3. The average molecular weight is 605 g/mol. The zero-order valence-electron chi connectivity index (χ0n) is 19.3. The van der Waals surface area contributed by atoms with Crippen LogP contribution in [0.4, 0.5) is 0 Å². The van der Waals surface area contributed by atoms with Crippen molar-refractivity contribution < 1.29 is 14.9 Å². The predicted octanol–water partition coefficient (Wildman–Crippen LogP) is 4.01. The van der Waals surface area contributed by atoms with Gasteiger partial charge in [0.1, 0.15) is 17.0 Å². The Balaban J connectivity index is 1.27. The molecule has 4 rings (SSSR count). The first-order valence-corrected chi connectivity index (χ1v) is 13.1. The highest BCUT2D eigenvalue weighted by molar-refractivity contribution is 14.1. The summed E-state index contributed by atoms with van der Waals surface area (Å²) >= 11 is 2.97. The van der Waals surface area contributed by atoms with Crippen molar-refractivity contribution >= 4 is 44.1 Å². The molecule has 0 aliphatic carbocycles. The number of halogens is 1. The van der Waals surface area contributed by atoms with Crippen LogP contribution >= 0.6 is 33.9 Å². The first kappa shape index (κ1) is 25.6. The third-order valence-electron chi connectivity index (χ3n) is 5.73. The maximum Gasteiger partial charge on any atom is 0.305 e. The number of benzene rings is 3. The Labute approximate surface area is 221 Å². The fraction of sp³-hybridized carbons (Fsp3) is 0.269. The van der Waals surface area contributed by atoms with Crippen molar-refractivity contribution in [1.82, 2.24) is 15.6 Å². The smallest absolute Gasteiger partial charge is 0.305 e. The molecule has 0 fully saturated rings. The number of aliphatic hydroxyl groups is 1. The van der Waals surface area contributed by atoms with E-state index >= 15 is 0 Å². The standard InChI is InChI=1S/C26H28IN3O4S/c1-34-20-7-5-18(6-8-20)14-29-15-19-4-2-3-17(13-19)11-12-28-16-26(27,33)21-9-10-22(31)23-24(21)35-25(32)30-23/h2-10,13,28-29,31,33H,11-12,14-16H2,1H3,(H,30,32). The summed E-state index contributed by atoms with van der Waals surface area (Å²) in [5.41, 5.74) is 4.61. The normalized spacial score (nSPS) is 13.1. The average Bonchev–Trinajstić information content (AvgIpc) is 3.25. The lowest BCUT2D eigenvalue weighted by Gasteiger charge is -2.23. The number of alkyl halides is 1. The lowest BCUT2D eigenvalue weighted by molar-refractivity contribution is 0.156. The van der Waals surface area contributed by atoms with E-state index in [0.717, 1.165) is 36.6 Å². The first-order valence-electron chi connectivity index (χ1n) is 11.2. The molecule has 0 spiro atoms. The molecule has 0 aliphatic rings. The van der Waals surface area contributed by atoms with Crippen molar-refractivity contribution in [3.8, 4) is 11.5 Å². The molecule has 1 atom stereocenters. The summed E-state index contributed by atoms with van der Waals surface area (Å²) in [5.74, 6) is 0.856. The Kier molecular flexibility index (Phi) is 8.45. The molecule has 7 nitrogen and oxygen atoms in total. The van der Waals surface area contributed by atoms with Crippen molar-refractivity contribution in [2.24, 2.45) is 0 Å². The number of phenols is 1. The number of thiazole rings is 1. The molecule has 0 bridgehead atoms. The minimum Gasteiger partial charge on any atom is -0.506 e. The van der Waals surface area contributed by atoms with Gasteiger partial charge in [0, 0.05) is 25.2 Å². The largest absolute Gasteiger partial charge is 0.506 e. The minimum atomic E-state index is -1.22. The van der Waals surface area contributed by atoms with Crippen LogP contribution in [0.3, 0.4) is 0 Å². The number of aromatic hydroxyl groups is 1. The number of ether oxygens (including phenoxy) is 1. The molecule has 35 heavy (non-hydrogen) atoms. The second-order valence-electron chi connectivity index (χ2n) is 8.31. The van der Waals surface area contributed by atoms with E-state index < -0.39 is 3.61 Å². The van der Waals surface area contributed by atoms with E-state index in [2.05, 4.69) is 52.0 Å². The van der Waals surface area contributed by atoms with Gasteiger partial charge in [-0.3, -0.25) is 4.79 Å². The van der Waals surface area contributed by atoms with E-state index in [0.29, 0.717) is 28.9 Å². The first-order chi connectivity index (χ1) is 16.9. The molecule has 1 aromatic heterocycles. The molecule has 0 amide bonds. The number of fused-ring (bicyclic) bond motifs is 1. The zero-order chi connectivity index (χ0) is 24.8. The van der Waals surface area contributed by atoms with Crippen LogP contribution in [0.25, 0.3) is 10.2 Å². The molecule has 184 valence electrons. The molecular weight excluding hydrogens is 577 g/mol. The van der Waals surface area contributed by atoms with Crippen LogP contribution in [0, 0.1) is 0 Å². The molecule has 9 heteroatoms. The maximum atomic E-state index is 11.8. The summed E-state index contributed by atoms with van der Waals surface area (Å²) in [6, 6.07) is 19.7. The van der Waals surface area contributed by atoms with Gasteiger partial charge in [-0.2, -0.15) is 0 Å². The van der Waals surface area contributed by atoms with E-state index in [1.807, 2.05) is 34.7 Å². The lowest BCUT2D eigenvalue weighted by Crippen LogP contribution is -2.34. The van der Waals surface area contributed by atoms with Crippen LogP contribution in [0.2, 0.25) is 0 Å². The molecular formula is C26H28IN3O4S. The second kappa shape index (κ2) is 11.5. The fourth-order valence-corrected chi connectivity index (χ4v) is 5.74. The Morgan fingerprint density at radius 1 is 1.03 bits per heavy atom. The van der Waals surface area contributed by atoms with Crippen molar-refractivity contribution in [3.63, 3.8) is 0 Å². The van der Waals surface area contributed by atoms with Gasteiger partial charge in [-0.05, 0) is 70.4 Å². The number of methoxy groups -OCH3 is 1. The summed E-state index contributed by atoms with van der Waals surface area (Å²) in [6.07, 6.45) is 0.821. The van der Waals surface area contributed by atoms with E-state index in [1.165, 1.54) is 22.8 Å². The van der Waals surface area contributed by atoms with E-state index in [4.69, 9.17) is 4.74 Å². The molecule has 4 aromatic rings. The summed E-state index contributed by atoms with van der Waals surface area (Å²) in [6.45, 7) is 2.56. The van der Waals surface area contributed by atoms with Gasteiger partial charge in [0.2, 0.25) is 0 Å². The molecule has 1 heterocycles. The third kappa shape index (κ3) is 6.62. The Morgan fingerprint density at radius 2 is 1.77 bits per heavy atom. The molecule has 3 aromatic carbocycles. The van der Waals surface area contributed by atoms with E-state index in [-0.39, 0.29) is 10.6 Å². The summed E-state index contributed by atoms with van der Waals surface area (Å²) in [4.78, 5) is 14.1. The van der Waals surface area contributed by atoms with Crippen LogP contribution in [0.1, 0.15) is 22.3 Å². The molecule has 0 radical (unpaired) electrons. The highest BCUT2D eigenvalue weighted by Crippen LogP contribution is 2.37. The monoisotopic (exact) mass is 605 g/mol. The van der Waals surface area contributed by atoms with Gasteiger partial charge >= 0.3 is 4.87 Å². The summed E-state index contributed by atoms with van der Waals surface area (Å²) in [5, 5.41) is 27.9. The predicted molar refractivity (Wildman–Crippen MR) is 149 cm³/mol. The minimum absolute atomic E-state index is 0.000583. The van der Waals surface area contributed by atoms with Gasteiger partial charge in [0.15, 0.2) is 3.61 Å². The third-order valence-corrected chi connectivity index (χ3v) is 7.61. The number of H-pyrrole nitrogens is 1. The van der Waals surface area contributed by atoms with Gasteiger partial charge in [0.25, 0.3) is 0 Å². The number of aromatic amines is 1. The van der Waals surface area contributed by atoms with Crippen LogP contribution < -0.4 is 20.2 Å². The highest BCUT2D eigenvalue weighted by atomic mass is 127.